The molecule has 0 aliphatic heterocycles. The van der Waals surface area contributed by atoms with Crippen LogP contribution in [-0.4, -0.2) is 5.78 Å². The zero-order chi connectivity index (χ0) is 11.6. The number of carbonyl (C=O) groups excluding carboxylic acids is 1. The van der Waals surface area contributed by atoms with E-state index >= 15 is 0 Å². The maximum atomic E-state index is 12.4. The van der Waals surface area contributed by atoms with Gasteiger partial charge >= 0.3 is 0 Å². The summed E-state index contributed by atoms with van der Waals surface area (Å²) < 4.78 is 24.9. The van der Waals surface area contributed by atoms with Gasteiger partial charge in [-0.1, -0.05) is 0 Å². The average molecular weight is 210 g/mol. The van der Waals surface area contributed by atoms with E-state index < -0.39 is 12.0 Å². The molecule has 5 heteroatoms. The van der Waals surface area contributed by atoms with Crippen molar-refractivity contribution >= 4 is 11.5 Å². The third-order valence-electron chi connectivity index (χ3n) is 1.96. The molecule has 0 aliphatic carbocycles. The van der Waals surface area contributed by atoms with Crippen molar-refractivity contribution in [2.45, 2.75) is 13.3 Å². The number of rotatable bonds is 2. The van der Waals surface area contributed by atoms with Gasteiger partial charge in [0.1, 0.15) is 0 Å². The minimum Gasteiger partial charge on any atom is -0.398 e. The van der Waals surface area contributed by atoms with Crippen molar-refractivity contribution in [3.05, 3.63) is 28.8 Å². The second-order valence-electron chi connectivity index (χ2n) is 3.00. The van der Waals surface area contributed by atoms with Gasteiger partial charge in [-0.15, -0.1) is 0 Å². The number of hydrogen-bond acceptors (Lipinski definition) is 3. The lowest BCUT2D eigenvalue weighted by atomic mass is 10.0. The van der Waals surface area contributed by atoms with Crippen molar-refractivity contribution in [2.75, 3.05) is 5.73 Å². The van der Waals surface area contributed by atoms with Crippen molar-refractivity contribution in [1.29, 1.82) is 5.26 Å². The lowest BCUT2D eigenvalue weighted by molar-refractivity contribution is 0.101. The van der Waals surface area contributed by atoms with E-state index in [-0.39, 0.29) is 22.6 Å². The Hall–Kier alpha value is -1.96. The van der Waals surface area contributed by atoms with Gasteiger partial charge in [0.15, 0.2) is 5.78 Å². The number of nitriles is 1. The number of benzene rings is 1. The molecular formula is C10H8F2N2O. The van der Waals surface area contributed by atoms with Crippen LogP contribution in [0.25, 0.3) is 0 Å². The number of hydrogen-bond donors (Lipinski definition) is 1. The molecule has 1 aromatic rings. The van der Waals surface area contributed by atoms with Gasteiger partial charge in [-0.2, -0.15) is 5.26 Å². The van der Waals surface area contributed by atoms with Gasteiger partial charge in [-0.05, 0) is 19.1 Å². The Morgan fingerprint density at radius 1 is 1.53 bits per heavy atom. The molecule has 0 atom stereocenters. The molecule has 0 unspecified atom stereocenters. The first kappa shape index (κ1) is 11.1. The van der Waals surface area contributed by atoms with Crippen LogP contribution in [0.1, 0.15) is 34.8 Å². The van der Waals surface area contributed by atoms with Gasteiger partial charge in [0, 0.05) is 16.8 Å². The van der Waals surface area contributed by atoms with Crippen LogP contribution in [0, 0.1) is 11.3 Å². The summed E-state index contributed by atoms with van der Waals surface area (Å²) in [6.07, 6.45) is -2.78. The Kier molecular flexibility index (Phi) is 3.00. The zero-order valence-electron chi connectivity index (χ0n) is 7.92. The minimum atomic E-state index is -2.78. The lowest BCUT2D eigenvalue weighted by Gasteiger charge is -2.07. The predicted molar refractivity (Wildman–Crippen MR) is 50.5 cm³/mol. The van der Waals surface area contributed by atoms with Crippen LogP contribution in [-0.2, 0) is 0 Å². The molecule has 0 saturated carbocycles. The number of ketones is 1. The van der Waals surface area contributed by atoms with Crippen molar-refractivity contribution in [2.24, 2.45) is 0 Å². The molecule has 2 N–H and O–H groups in total. The molecular weight excluding hydrogens is 202 g/mol. The number of carbonyl (C=O) groups is 1. The van der Waals surface area contributed by atoms with E-state index in [0.29, 0.717) is 0 Å². The molecule has 3 nitrogen and oxygen atoms in total. The van der Waals surface area contributed by atoms with E-state index in [1.54, 1.807) is 6.07 Å². The molecule has 0 amide bonds. The van der Waals surface area contributed by atoms with Crippen LogP contribution in [0.15, 0.2) is 12.1 Å². The summed E-state index contributed by atoms with van der Waals surface area (Å²) >= 11 is 0. The molecule has 0 heterocycles. The van der Waals surface area contributed by atoms with E-state index in [9.17, 15) is 13.6 Å². The quantitative estimate of drug-likeness (QED) is 0.601. The number of nitrogens with two attached hydrogens (primary N) is 1. The van der Waals surface area contributed by atoms with Gasteiger partial charge in [-0.25, -0.2) is 8.78 Å². The number of nitrogen functional groups attached to an aromatic ring is 1. The minimum absolute atomic E-state index is 0.0307. The summed E-state index contributed by atoms with van der Waals surface area (Å²) in [5.74, 6) is -0.357. The summed E-state index contributed by atoms with van der Waals surface area (Å²) in [4.78, 5) is 11.0. The van der Waals surface area contributed by atoms with E-state index in [1.165, 1.54) is 6.92 Å². The molecule has 0 saturated heterocycles. The number of alkyl halides is 2. The summed E-state index contributed by atoms with van der Waals surface area (Å²) in [7, 11) is 0. The monoisotopic (exact) mass is 210 g/mol. The van der Waals surface area contributed by atoms with Gasteiger partial charge in [0.05, 0.1) is 11.6 Å². The summed E-state index contributed by atoms with van der Waals surface area (Å²) in [5.41, 5.74) is 4.82. The van der Waals surface area contributed by atoms with Gasteiger partial charge < -0.3 is 5.73 Å². The van der Waals surface area contributed by atoms with Crippen molar-refractivity contribution < 1.29 is 13.6 Å². The molecule has 0 aliphatic rings. The molecule has 0 bridgehead atoms. The first-order valence-corrected chi connectivity index (χ1v) is 4.10. The molecule has 1 aromatic carbocycles. The number of anilines is 1. The highest BCUT2D eigenvalue weighted by Crippen LogP contribution is 2.27. The fraction of sp³-hybridized carbons (Fsp3) is 0.200. The van der Waals surface area contributed by atoms with Crippen LogP contribution >= 0.6 is 0 Å². The average Bonchev–Trinajstić information content (AvgIpc) is 2.16. The number of nitrogens with zero attached hydrogens (tertiary/aromatic N) is 1. The lowest BCUT2D eigenvalue weighted by Crippen LogP contribution is -2.03. The first-order chi connectivity index (χ1) is 6.97. The molecule has 0 aromatic heterocycles. The third kappa shape index (κ3) is 2.10. The zero-order valence-corrected chi connectivity index (χ0v) is 7.92. The standard InChI is InChI=1S/C10H8F2N2O/c1-5(15)7-2-6(4-13)8(10(11)12)3-9(7)14/h2-3,10H,14H2,1H3. The summed E-state index contributed by atoms with van der Waals surface area (Å²) in [5, 5.41) is 8.63. The Labute approximate surface area is 85.1 Å². The Balaban J connectivity index is 3.44. The SMILES string of the molecule is CC(=O)c1cc(C#N)c(C(F)F)cc1N. The Morgan fingerprint density at radius 2 is 2.13 bits per heavy atom. The number of Topliss-reactive ketones (excluding diaryl/α,β-unsaturated/α-hetero) is 1. The van der Waals surface area contributed by atoms with E-state index in [1.807, 2.05) is 0 Å². The highest BCUT2D eigenvalue weighted by atomic mass is 19.3. The van der Waals surface area contributed by atoms with Gasteiger partial charge in [0.25, 0.3) is 6.43 Å². The second kappa shape index (κ2) is 4.05. The Bertz CT molecular complexity index is 449. The summed E-state index contributed by atoms with van der Waals surface area (Å²) in [6, 6.07) is 3.68. The maximum Gasteiger partial charge on any atom is 0.265 e. The molecule has 0 spiro atoms. The van der Waals surface area contributed by atoms with Crippen LogP contribution in [0.4, 0.5) is 14.5 Å². The molecule has 78 valence electrons. The number of halogens is 2. The van der Waals surface area contributed by atoms with Crippen LogP contribution in [0.2, 0.25) is 0 Å². The smallest absolute Gasteiger partial charge is 0.265 e. The third-order valence-corrected chi connectivity index (χ3v) is 1.96. The van der Waals surface area contributed by atoms with Crippen molar-refractivity contribution in [3.8, 4) is 6.07 Å². The predicted octanol–water partition coefficient (Wildman–Crippen LogP) is 2.28. The van der Waals surface area contributed by atoms with E-state index in [4.69, 9.17) is 11.0 Å². The second-order valence-corrected chi connectivity index (χ2v) is 3.00. The summed E-state index contributed by atoms with van der Waals surface area (Å²) in [6.45, 7) is 1.26. The maximum absolute atomic E-state index is 12.4. The fourth-order valence-corrected chi connectivity index (χ4v) is 1.22. The first-order valence-electron chi connectivity index (χ1n) is 4.10. The van der Waals surface area contributed by atoms with Crippen molar-refractivity contribution in [3.63, 3.8) is 0 Å². The highest BCUT2D eigenvalue weighted by molar-refractivity contribution is 5.99. The molecule has 15 heavy (non-hydrogen) atoms. The van der Waals surface area contributed by atoms with Gasteiger partial charge in [0.2, 0.25) is 0 Å². The normalized spacial score (nSPS) is 10.1. The molecule has 0 radical (unpaired) electrons. The molecule has 0 fully saturated rings. The van der Waals surface area contributed by atoms with Crippen LogP contribution < -0.4 is 5.73 Å². The van der Waals surface area contributed by atoms with E-state index in [0.717, 1.165) is 12.1 Å². The molecule has 1 rings (SSSR count). The Morgan fingerprint density at radius 3 is 2.53 bits per heavy atom. The van der Waals surface area contributed by atoms with E-state index in [2.05, 4.69) is 0 Å². The van der Waals surface area contributed by atoms with Crippen LogP contribution in [0.5, 0.6) is 0 Å². The van der Waals surface area contributed by atoms with Crippen LogP contribution in [0.3, 0.4) is 0 Å². The highest BCUT2D eigenvalue weighted by Gasteiger charge is 2.17. The fourth-order valence-electron chi connectivity index (χ4n) is 1.22. The van der Waals surface area contributed by atoms with Gasteiger partial charge in [-0.3, -0.25) is 4.79 Å². The largest absolute Gasteiger partial charge is 0.398 e. The van der Waals surface area contributed by atoms with Crippen molar-refractivity contribution in [1.82, 2.24) is 0 Å². The topological polar surface area (TPSA) is 66.9 Å².